The highest BCUT2D eigenvalue weighted by Crippen LogP contribution is 2.15. The Bertz CT molecular complexity index is 479. The average molecular weight is 276 g/mol. The quantitative estimate of drug-likeness (QED) is 0.705. The molecular formula is C10H16N2O3S2. The summed E-state index contributed by atoms with van der Waals surface area (Å²) >= 11 is 1.09. The molecule has 0 saturated heterocycles. The Hall–Kier alpha value is -0.820. The molecule has 0 N–H and O–H groups in total. The van der Waals surface area contributed by atoms with Gasteiger partial charge < -0.3 is 0 Å². The summed E-state index contributed by atoms with van der Waals surface area (Å²) in [6.45, 7) is 3.52. The molecule has 0 radical (unpaired) electrons. The van der Waals surface area contributed by atoms with Gasteiger partial charge in [-0.1, -0.05) is 18.3 Å². The van der Waals surface area contributed by atoms with Gasteiger partial charge >= 0.3 is 0 Å². The van der Waals surface area contributed by atoms with Gasteiger partial charge in [0.25, 0.3) is 0 Å². The number of rotatable bonds is 7. The van der Waals surface area contributed by atoms with Gasteiger partial charge in [-0.25, -0.2) is 8.42 Å². The van der Waals surface area contributed by atoms with Crippen LogP contribution in [0.25, 0.3) is 0 Å². The van der Waals surface area contributed by atoms with Crippen LogP contribution in [0, 0.1) is 0 Å². The standard InChI is InChI=1S/C10H16N2O3S2/c1-3-8-10(16-12-11-8)9(13)6-5-7-17(14,15)4-2/h3-7H2,1-2H3. The van der Waals surface area contributed by atoms with Crippen LogP contribution in [0.4, 0.5) is 0 Å². The Labute approximate surface area is 105 Å². The lowest BCUT2D eigenvalue weighted by molar-refractivity contribution is 0.0985. The van der Waals surface area contributed by atoms with Crippen LogP contribution in [0.2, 0.25) is 0 Å². The Morgan fingerprint density at radius 2 is 2.06 bits per heavy atom. The van der Waals surface area contributed by atoms with E-state index in [9.17, 15) is 13.2 Å². The van der Waals surface area contributed by atoms with Crippen LogP contribution in [0.1, 0.15) is 42.1 Å². The largest absolute Gasteiger partial charge is 0.293 e. The van der Waals surface area contributed by atoms with E-state index in [0.29, 0.717) is 23.4 Å². The molecular weight excluding hydrogens is 260 g/mol. The summed E-state index contributed by atoms with van der Waals surface area (Å²) in [5, 5.41) is 3.86. The molecule has 0 aliphatic rings. The van der Waals surface area contributed by atoms with Crippen LogP contribution >= 0.6 is 11.5 Å². The third-order valence-electron chi connectivity index (χ3n) is 2.44. The molecule has 0 amide bonds. The number of hydrogen-bond acceptors (Lipinski definition) is 6. The number of aromatic nitrogens is 2. The smallest absolute Gasteiger partial charge is 0.176 e. The highest BCUT2D eigenvalue weighted by molar-refractivity contribution is 7.91. The van der Waals surface area contributed by atoms with Crippen LogP contribution in [-0.4, -0.2) is 35.3 Å². The Morgan fingerprint density at radius 1 is 1.35 bits per heavy atom. The van der Waals surface area contributed by atoms with Crippen molar-refractivity contribution >= 4 is 27.2 Å². The summed E-state index contributed by atoms with van der Waals surface area (Å²) in [6, 6.07) is 0. The van der Waals surface area contributed by atoms with E-state index in [2.05, 4.69) is 9.59 Å². The number of sulfone groups is 1. The zero-order valence-electron chi connectivity index (χ0n) is 9.97. The molecule has 0 bridgehead atoms. The van der Waals surface area contributed by atoms with E-state index >= 15 is 0 Å². The van der Waals surface area contributed by atoms with Gasteiger partial charge in [-0.2, -0.15) is 0 Å². The minimum Gasteiger partial charge on any atom is -0.293 e. The monoisotopic (exact) mass is 276 g/mol. The Kier molecular flexibility index (Phi) is 5.20. The summed E-state index contributed by atoms with van der Waals surface area (Å²) in [7, 11) is -2.98. The fourth-order valence-corrected chi connectivity index (χ4v) is 2.95. The van der Waals surface area contributed by atoms with Crippen molar-refractivity contribution < 1.29 is 13.2 Å². The summed E-state index contributed by atoms with van der Waals surface area (Å²) < 4.78 is 26.3. The van der Waals surface area contributed by atoms with E-state index < -0.39 is 9.84 Å². The van der Waals surface area contributed by atoms with Crippen molar-refractivity contribution in [3.63, 3.8) is 0 Å². The van der Waals surface area contributed by atoms with Crippen LogP contribution in [0.3, 0.4) is 0 Å². The molecule has 0 aliphatic carbocycles. The maximum atomic E-state index is 11.8. The molecule has 0 saturated carbocycles. The Balaban J connectivity index is 2.51. The van der Waals surface area contributed by atoms with E-state index in [4.69, 9.17) is 0 Å². The fraction of sp³-hybridized carbons (Fsp3) is 0.700. The van der Waals surface area contributed by atoms with E-state index in [1.165, 1.54) is 0 Å². The van der Waals surface area contributed by atoms with Crippen LogP contribution < -0.4 is 0 Å². The lowest BCUT2D eigenvalue weighted by Gasteiger charge is -2.00. The molecule has 0 aliphatic heterocycles. The normalized spacial score (nSPS) is 11.6. The number of hydrogen-bond donors (Lipinski definition) is 0. The maximum Gasteiger partial charge on any atom is 0.176 e. The zero-order chi connectivity index (χ0) is 12.9. The second-order valence-corrected chi connectivity index (χ2v) is 6.89. The van der Waals surface area contributed by atoms with E-state index in [1.54, 1.807) is 6.92 Å². The van der Waals surface area contributed by atoms with Gasteiger partial charge in [0, 0.05) is 12.2 Å². The molecule has 1 aromatic rings. The topological polar surface area (TPSA) is 77.0 Å². The van der Waals surface area contributed by atoms with Crippen molar-refractivity contribution in [3.05, 3.63) is 10.6 Å². The number of Topliss-reactive ketones (excluding diaryl/α,β-unsaturated/α-hetero) is 1. The van der Waals surface area contributed by atoms with Crippen molar-refractivity contribution in [2.24, 2.45) is 0 Å². The average Bonchev–Trinajstić information content (AvgIpc) is 2.76. The number of aryl methyl sites for hydroxylation is 1. The molecule has 17 heavy (non-hydrogen) atoms. The van der Waals surface area contributed by atoms with E-state index in [-0.39, 0.29) is 23.7 Å². The van der Waals surface area contributed by atoms with Gasteiger partial charge in [0.05, 0.1) is 11.4 Å². The van der Waals surface area contributed by atoms with Gasteiger partial charge in [0.15, 0.2) is 5.78 Å². The molecule has 0 spiro atoms. The molecule has 0 fully saturated rings. The molecule has 0 atom stereocenters. The van der Waals surface area contributed by atoms with Crippen LogP contribution in [0.5, 0.6) is 0 Å². The third kappa shape index (κ3) is 4.16. The predicted octanol–water partition coefficient (Wildman–Crippen LogP) is 1.50. The molecule has 1 rings (SSSR count). The summed E-state index contributed by atoms with van der Waals surface area (Å²) in [4.78, 5) is 12.4. The second kappa shape index (κ2) is 6.20. The van der Waals surface area contributed by atoms with E-state index in [0.717, 1.165) is 11.5 Å². The van der Waals surface area contributed by atoms with Crippen molar-refractivity contribution in [3.8, 4) is 0 Å². The predicted molar refractivity (Wildman–Crippen MR) is 67.2 cm³/mol. The van der Waals surface area contributed by atoms with Gasteiger partial charge in [0.1, 0.15) is 14.7 Å². The molecule has 1 heterocycles. The first-order valence-corrected chi connectivity index (χ1v) is 8.14. The summed E-state index contributed by atoms with van der Waals surface area (Å²) in [5.41, 5.74) is 0.707. The second-order valence-electron chi connectivity index (χ2n) is 3.67. The van der Waals surface area contributed by atoms with Crippen molar-refractivity contribution in [1.29, 1.82) is 0 Å². The summed E-state index contributed by atoms with van der Waals surface area (Å²) in [5.74, 6) is 0.148. The number of ketones is 1. The van der Waals surface area contributed by atoms with Crippen LogP contribution in [-0.2, 0) is 16.3 Å². The first-order valence-electron chi connectivity index (χ1n) is 5.55. The van der Waals surface area contributed by atoms with Gasteiger partial charge in [-0.15, -0.1) is 5.10 Å². The lowest BCUT2D eigenvalue weighted by atomic mass is 10.1. The SMILES string of the molecule is CCc1nnsc1C(=O)CCCS(=O)(=O)CC. The Morgan fingerprint density at radius 3 is 2.65 bits per heavy atom. The lowest BCUT2D eigenvalue weighted by Crippen LogP contribution is -2.10. The highest BCUT2D eigenvalue weighted by atomic mass is 32.2. The van der Waals surface area contributed by atoms with Gasteiger partial charge in [-0.05, 0) is 24.4 Å². The first-order chi connectivity index (χ1) is 8.00. The maximum absolute atomic E-state index is 11.8. The minimum atomic E-state index is -2.98. The third-order valence-corrected chi connectivity index (χ3v) is 5.04. The van der Waals surface area contributed by atoms with Crippen molar-refractivity contribution in [1.82, 2.24) is 9.59 Å². The van der Waals surface area contributed by atoms with E-state index in [1.807, 2.05) is 6.92 Å². The van der Waals surface area contributed by atoms with Crippen molar-refractivity contribution in [2.45, 2.75) is 33.1 Å². The molecule has 7 heteroatoms. The van der Waals surface area contributed by atoms with Crippen LogP contribution in [0.15, 0.2) is 0 Å². The first kappa shape index (κ1) is 14.2. The molecule has 5 nitrogen and oxygen atoms in total. The molecule has 1 aromatic heterocycles. The zero-order valence-corrected chi connectivity index (χ0v) is 11.6. The fourth-order valence-electron chi connectivity index (χ4n) is 1.36. The molecule has 0 unspecified atom stereocenters. The number of carbonyl (C=O) groups excluding carboxylic acids is 1. The molecule has 96 valence electrons. The molecule has 0 aromatic carbocycles. The highest BCUT2D eigenvalue weighted by Gasteiger charge is 2.16. The summed E-state index contributed by atoms with van der Waals surface area (Å²) in [6.07, 6.45) is 1.29. The number of nitrogens with zero attached hydrogens (tertiary/aromatic N) is 2. The van der Waals surface area contributed by atoms with Crippen molar-refractivity contribution in [2.75, 3.05) is 11.5 Å². The minimum absolute atomic E-state index is 0.0526. The van der Waals surface area contributed by atoms with Gasteiger partial charge in [0.2, 0.25) is 0 Å². The number of carbonyl (C=O) groups is 1. The van der Waals surface area contributed by atoms with Gasteiger partial charge in [-0.3, -0.25) is 4.79 Å².